The first-order valence-electron chi connectivity index (χ1n) is 5.76. The predicted octanol–water partition coefficient (Wildman–Crippen LogP) is 3.04. The van der Waals surface area contributed by atoms with E-state index in [1.54, 1.807) is 12.1 Å². The van der Waals surface area contributed by atoms with E-state index >= 15 is 0 Å². The lowest BCUT2D eigenvalue weighted by Crippen LogP contribution is -1.94. The summed E-state index contributed by atoms with van der Waals surface area (Å²) in [6.07, 6.45) is -0.314. The Balaban J connectivity index is 2.39. The zero-order valence-corrected chi connectivity index (χ0v) is 11.4. The zero-order chi connectivity index (χ0) is 13.9. The van der Waals surface area contributed by atoms with Gasteiger partial charge in [-0.25, -0.2) is 0 Å². The summed E-state index contributed by atoms with van der Waals surface area (Å²) in [5, 5.41) is 0. The molecule has 0 aliphatic rings. The van der Waals surface area contributed by atoms with Crippen LogP contribution in [0.2, 0.25) is 0 Å². The lowest BCUT2D eigenvalue weighted by Gasteiger charge is -2.11. The van der Waals surface area contributed by atoms with E-state index in [2.05, 4.69) is 0 Å². The molecule has 0 unspecified atom stereocenters. The summed E-state index contributed by atoms with van der Waals surface area (Å²) < 4.78 is 16.3. The molecule has 2 rings (SSSR count). The Kier molecular flexibility index (Phi) is 4.05. The molecule has 0 saturated heterocycles. The second kappa shape index (κ2) is 5.57. The maximum absolute atomic E-state index is 11.1. The molecule has 0 radical (unpaired) electrons. The van der Waals surface area contributed by atoms with Crippen molar-refractivity contribution in [1.29, 1.82) is 0 Å². The van der Waals surface area contributed by atoms with Gasteiger partial charge in [0.1, 0.15) is 5.75 Å². The summed E-state index contributed by atoms with van der Waals surface area (Å²) in [4.78, 5) is 18.1. The first kappa shape index (κ1) is 13.8. The van der Waals surface area contributed by atoms with Crippen molar-refractivity contribution in [2.75, 3.05) is 7.11 Å². The number of methoxy groups -OCH3 is 1. The minimum Gasteiger partial charge on any atom is -0.496 e. The Hall–Kier alpha value is -1.61. The first-order valence-corrected chi connectivity index (χ1v) is 7.56. The van der Waals surface area contributed by atoms with Crippen LogP contribution in [0.1, 0.15) is 5.56 Å². The molecule has 0 saturated carbocycles. The smallest absolute Gasteiger partial charge is 0.330 e. The van der Waals surface area contributed by atoms with Gasteiger partial charge in [-0.1, -0.05) is 42.5 Å². The largest absolute Gasteiger partial charge is 0.496 e. The molecule has 2 N–H and O–H groups in total. The number of benzene rings is 2. The van der Waals surface area contributed by atoms with E-state index in [9.17, 15) is 4.57 Å². The molecule has 100 valence electrons. The van der Waals surface area contributed by atoms with Crippen LogP contribution in [-0.2, 0) is 10.7 Å². The summed E-state index contributed by atoms with van der Waals surface area (Å²) in [5.74, 6) is 0.490. The van der Waals surface area contributed by atoms with Gasteiger partial charge in [0, 0.05) is 5.56 Å². The fraction of sp³-hybridized carbons (Fsp3) is 0.143. The summed E-state index contributed by atoms with van der Waals surface area (Å²) in [5.41, 5.74) is 2.49. The molecule has 0 aromatic heterocycles. The van der Waals surface area contributed by atoms with Gasteiger partial charge in [0.15, 0.2) is 0 Å². The monoisotopic (exact) mass is 278 g/mol. The molecular formula is C14H15O4P. The molecule has 0 heterocycles. The van der Waals surface area contributed by atoms with Gasteiger partial charge in [0.25, 0.3) is 0 Å². The Morgan fingerprint density at radius 2 is 1.74 bits per heavy atom. The highest BCUT2D eigenvalue weighted by Gasteiger charge is 2.17. The van der Waals surface area contributed by atoms with Gasteiger partial charge < -0.3 is 14.5 Å². The van der Waals surface area contributed by atoms with Crippen molar-refractivity contribution in [1.82, 2.24) is 0 Å². The number of hydrogen-bond acceptors (Lipinski definition) is 2. The zero-order valence-electron chi connectivity index (χ0n) is 10.5. The minimum atomic E-state index is -4.09. The molecule has 0 bridgehead atoms. The average Bonchev–Trinajstić information content (AvgIpc) is 2.38. The summed E-state index contributed by atoms with van der Waals surface area (Å²) >= 11 is 0. The predicted molar refractivity (Wildman–Crippen MR) is 74.2 cm³/mol. The molecule has 0 aliphatic carbocycles. The molecule has 0 atom stereocenters. The highest BCUT2D eigenvalue weighted by atomic mass is 31.2. The third kappa shape index (κ3) is 3.67. The molecule has 2 aromatic carbocycles. The molecule has 2 aromatic rings. The normalized spacial score (nSPS) is 11.3. The third-order valence-electron chi connectivity index (χ3n) is 2.77. The number of rotatable bonds is 4. The van der Waals surface area contributed by atoms with Crippen molar-refractivity contribution >= 4 is 7.60 Å². The molecule has 5 heteroatoms. The van der Waals surface area contributed by atoms with Crippen molar-refractivity contribution < 1.29 is 19.1 Å². The lowest BCUT2D eigenvalue weighted by molar-refractivity contribution is 0.368. The van der Waals surface area contributed by atoms with Crippen molar-refractivity contribution in [3.8, 4) is 16.9 Å². The van der Waals surface area contributed by atoms with Gasteiger partial charge in [-0.05, 0) is 17.2 Å². The molecule has 0 aliphatic heterocycles. The highest BCUT2D eigenvalue weighted by molar-refractivity contribution is 7.50. The topological polar surface area (TPSA) is 66.8 Å². The lowest BCUT2D eigenvalue weighted by atomic mass is 10.0. The van der Waals surface area contributed by atoms with Crippen LogP contribution in [0.15, 0.2) is 48.5 Å². The van der Waals surface area contributed by atoms with Crippen molar-refractivity contribution in [2.24, 2.45) is 0 Å². The first-order chi connectivity index (χ1) is 8.99. The van der Waals surface area contributed by atoms with Crippen LogP contribution in [0.3, 0.4) is 0 Å². The van der Waals surface area contributed by atoms with Crippen LogP contribution in [0.25, 0.3) is 11.1 Å². The minimum absolute atomic E-state index is 0.314. The highest BCUT2D eigenvalue weighted by Crippen LogP contribution is 2.42. The van der Waals surface area contributed by atoms with Gasteiger partial charge >= 0.3 is 7.60 Å². The molecule has 4 nitrogen and oxygen atoms in total. The maximum atomic E-state index is 11.1. The molecular weight excluding hydrogens is 263 g/mol. The average molecular weight is 278 g/mol. The van der Waals surface area contributed by atoms with Crippen molar-refractivity contribution in [3.63, 3.8) is 0 Å². The maximum Gasteiger partial charge on any atom is 0.330 e. The fourth-order valence-electron chi connectivity index (χ4n) is 1.91. The van der Waals surface area contributed by atoms with E-state index in [-0.39, 0.29) is 6.16 Å². The Bertz CT molecular complexity index is 604. The molecule has 19 heavy (non-hydrogen) atoms. The van der Waals surface area contributed by atoms with Crippen LogP contribution in [0, 0.1) is 0 Å². The van der Waals surface area contributed by atoms with Gasteiger partial charge in [-0.3, -0.25) is 4.57 Å². The van der Waals surface area contributed by atoms with Gasteiger partial charge in [-0.2, -0.15) is 0 Å². The number of ether oxygens (including phenoxy) is 1. The Labute approximate surface area is 111 Å². The number of hydrogen-bond donors (Lipinski definition) is 2. The van der Waals surface area contributed by atoms with Crippen LogP contribution in [0.4, 0.5) is 0 Å². The second-order valence-electron chi connectivity index (χ2n) is 4.22. The van der Waals surface area contributed by atoms with Crippen molar-refractivity contribution in [2.45, 2.75) is 6.16 Å². The fourth-order valence-corrected chi connectivity index (χ4v) is 2.61. The molecule has 0 fully saturated rings. The summed E-state index contributed by atoms with van der Waals surface area (Å²) in [6, 6.07) is 15.1. The van der Waals surface area contributed by atoms with Crippen LogP contribution in [-0.4, -0.2) is 16.9 Å². The van der Waals surface area contributed by atoms with Gasteiger partial charge in [0.05, 0.1) is 13.3 Å². The van der Waals surface area contributed by atoms with Crippen LogP contribution >= 0.6 is 7.60 Å². The van der Waals surface area contributed by atoms with E-state index in [0.29, 0.717) is 11.3 Å². The van der Waals surface area contributed by atoms with Crippen molar-refractivity contribution in [3.05, 3.63) is 54.1 Å². The van der Waals surface area contributed by atoms with E-state index < -0.39 is 7.60 Å². The second-order valence-corrected chi connectivity index (χ2v) is 5.86. The van der Waals surface area contributed by atoms with E-state index in [4.69, 9.17) is 14.5 Å². The quantitative estimate of drug-likeness (QED) is 0.843. The molecule has 0 amide bonds. The standard InChI is InChI=1S/C14H15O4P/c1-18-14-9-12(11-5-3-2-4-6-11)7-8-13(14)10-19(15,16)17/h2-9H,10H2,1H3,(H2,15,16,17). The summed E-state index contributed by atoms with van der Waals surface area (Å²) in [7, 11) is -2.60. The van der Waals surface area contributed by atoms with Gasteiger partial charge in [0.2, 0.25) is 0 Å². The van der Waals surface area contributed by atoms with Gasteiger partial charge in [-0.15, -0.1) is 0 Å². The third-order valence-corrected chi connectivity index (χ3v) is 3.52. The SMILES string of the molecule is COc1cc(-c2ccccc2)ccc1CP(=O)(O)O. The van der Waals surface area contributed by atoms with E-state index in [0.717, 1.165) is 11.1 Å². The molecule has 0 spiro atoms. The van der Waals surface area contributed by atoms with E-state index in [1.165, 1.54) is 7.11 Å². The summed E-state index contributed by atoms with van der Waals surface area (Å²) in [6.45, 7) is 0. The van der Waals surface area contributed by atoms with Crippen LogP contribution < -0.4 is 4.74 Å². The Morgan fingerprint density at radius 1 is 1.05 bits per heavy atom. The Morgan fingerprint density at radius 3 is 2.32 bits per heavy atom. The van der Waals surface area contributed by atoms with Crippen LogP contribution in [0.5, 0.6) is 5.75 Å². The van der Waals surface area contributed by atoms with E-state index in [1.807, 2.05) is 36.4 Å².